The van der Waals surface area contributed by atoms with Crippen LogP contribution >= 0.6 is 0 Å². The highest BCUT2D eigenvalue weighted by molar-refractivity contribution is 5.43. The van der Waals surface area contributed by atoms with Crippen LogP contribution in [0.4, 0.5) is 0 Å². The molecule has 0 aromatic carbocycles. The lowest BCUT2D eigenvalue weighted by Crippen LogP contribution is -2.86. The fourth-order valence-corrected chi connectivity index (χ4v) is 0.0481. The molecule has 0 unspecified atom stereocenters. The number of nitrogens with one attached hydrogen (secondary N) is 1. The van der Waals surface area contributed by atoms with Gasteiger partial charge < -0.3 is 5.43 Å². The van der Waals surface area contributed by atoms with Crippen molar-refractivity contribution < 1.29 is 10.2 Å². The molecule has 3 heteroatoms. The molecule has 30 valence electrons. The van der Waals surface area contributed by atoms with E-state index in [2.05, 4.69) is 12.5 Å². The van der Waals surface area contributed by atoms with Gasteiger partial charge in [-0.05, 0) is 0 Å². The molecule has 0 bridgehead atoms. The van der Waals surface area contributed by atoms with Crippen LogP contribution in [-0.4, -0.2) is 6.41 Å². The molecule has 0 aromatic rings. The number of hydrogen-bond donors (Lipinski definition) is 2. The third-order valence-electron chi connectivity index (χ3n) is 0.186. The van der Waals surface area contributed by atoms with Crippen LogP contribution < -0.4 is 10.9 Å². The largest absolute Gasteiger partial charge is 0.373 e. The first-order valence-corrected chi connectivity index (χ1v) is 1.22. The van der Waals surface area contributed by atoms with E-state index >= 15 is 0 Å². The van der Waals surface area contributed by atoms with Gasteiger partial charge in [0.2, 0.25) is 6.41 Å². The highest BCUT2D eigenvalue weighted by Crippen LogP contribution is 1.01. The first-order chi connectivity index (χ1) is 2.41. The Bertz CT molecular complexity index is 28.8. The fourth-order valence-electron chi connectivity index (χ4n) is 0.0481. The van der Waals surface area contributed by atoms with E-state index in [-0.39, 0.29) is 0 Å². The predicted octanol–water partition coefficient (Wildman–Crippen LogP) is -2.00. The molecule has 3 nitrogen and oxygen atoms in total. The summed E-state index contributed by atoms with van der Waals surface area (Å²) in [5.41, 5.74) is 3.51. The predicted molar refractivity (Wildman–Crippen MR) is 16.5 cm³/mol. The number of rotatable bonds is 2. The van der Waals surface area contributed by atoms with Gasteiger partial charge in [0.05, 0.1) is 0 Å². The molecular formula is C2H6N2O. The van der Waals surface area contributed by atoms with Crippen molar-refractivity contribution in [3.8, 4) is 0 Å². The van der Waals surface area contributed by atoms with Crippen LogP contribution in [0, 0.1) is 7.05 Å². The van der Waals surface area contributed by atoms with Crippen LogP contribution in [0.5, 0.6) is 0 Å². The fraction of sp³-hybridized carbons (Fsp3) is 0. The summed E-state index contributed by atoms with van der Waals surface area (Å²) in [5, 5.41) is 0. The van der Waals surface area contributed by atoms with Crippen molar-refractivity contribution in [2.75, 3.05) is 0 Å². The van der Waals surface area contributed by atoms with Crippen LogP contribution in [0.2, 0.25) is 0 Å². The van der Waals surface area contributed by atoms with Crippen LogP contribution in [0.15, 0.2) is 0 Å². The zero-order valence-corrected chi connectivity index (χ0v) is 2.77. The Morgan fingerprint density at radius 1 is 2.00 bits per heavy atom. The van der Waals surface area contributed by atoms with E-state index in [0.29, 0.717) is 6.41 Å². The number of carbonyl (C=O) groups excluding carboxylic acids is 1. The highest BCUT2D eigenvalue weighted by atomic mass is 16.1. The van der Waals surface area contributed by atoms with E-state index in [1.54, 1.807) is 0 Å². The monoisotopic (exact) mass is 74.0 g/mol. The van der Waals surface area contributed by atoms with Gasteiger partial charge in [0.1, 0.15) is 0 Å². The summed E-state index contributed by atoms with van der Waals surface area (Å²) in [5.74, 6) is 0. The number of amides is 1. The third kappa shape index (κ3) is 3.43. The molecular weight excluding hydrogens is 68.0 g/mol. The minimum absolute atomic E-state index is 0.562. The van der Waals surface area contributed by atoms with Gasteiger partial charge in [0.25, 0.3) is 0 Å². The maximum Gasteiger partial charge on any atom is 0.250 e. The van der Waals surface area contributed by atoms with Gasteiger partial charge in [-0.1, -0.05) is 0 Å². The summed E-state index contributed by atoms with van der Waals surface area (Å²) >= 11 is 0. The molecule has 0 spiro atoms. The van der Waals surface area contributed by atoms with Crippen molar-refractivity contribution in [2.45, 2.75) is 0 Å². The number of carbonyl (C=O) groups is 1. The van der Waals surface area contributed by atoms with E-state index in [9.17, 15) is 4.79 Å². The third-order valence-corrected chi connectivity index (χ3v) is 0.186. The van der Waals surface area contributed by atoms with Gasteiger partial charge >= 0.3 is 0 Å². The van der Waals surface area contributed by atoms with Gasteiger partial charge in [-0.25, -0.2) is 5.43 Å². The van der Waals surface area contributed by atoms with Crippen LogP contribution in [0.25, 0.3) is 0 Å². The van der Waals surface area contributed by atoms with Gasteiger partial charge in [-0.2, -0.15) is 0 Å². The zero-order chi connectivity index (χ0) is 4.12. The minimum Gasteiger partial charge on any atom is -0.373 e. The van der Waals surface area contributed by atoms with Crippen molar-refractivity contribution in [2.24, 2.45) is 0 Å². The lowest BCUT2D eigenvalue weighted by atomic mass is 11.3. The Labute approximate surface area is 30.3 Å². The summed E-state index contributed by atoms with van der Waals surface area (Å²) in [4.78, 5) is 9.22. The van der Waals surface area contributed by atoms with Gasteiger partial charge in [0, 0.05) is 0 Å². The van der Waals surface area contributed by atoms with Crippen LogP contribution in [0.1, 0.15) is 0 Å². The summed E-state index contributed by atoms with van der Waals surface area (Å²) in [6.07, 6.45) is 0.562. The van der Waals surface area contributed by atoms with Crippen molar-refractivity contribution in [3.63, 3.8) is 0 Å². The van der Waals surface area contributed by atoms with E-state index in [1.807, 2.05) is 0 Å². The summed E-state index contributed by atoms with van der Waals surface area (Å²) in [6.45, 7) is 0. The lowest BCUT2D eigenvalue weighted by Gasteiger charge is -1.87. The topological polar surface area (TPSA) is 45.7 Å². The maximum absolute atomic E-state index is 9.22. The second-order valence-electron chi connectivity index (χ2n) is 0.489. The van der Waals surface area contributed by atoms with E-state index in [1.165, 1.54) is 5.43 Å². The molecule has 0 aliphatic rings. The van der Waals surface area contributed by atoms with Crippen LogP contribution in [-0.2, 0) is 4.79 Å². The summed E-state index contributed by atoms with van der Waals surface area (Å²) < 4.78 is 0. The summed E-state index contributed by atoms with van der Waals surface area (Å²) in [6, 6.07) is 0. The molecule has 0 heterocycles. The standard InChI is InChI=1S/C2H6N2O/c1-3-4-2-5/h2H,1,3H2,(H,4,5). The summed E-state index contributed by atoms with van der Waals surface area (Å²) in [7, 11) is 3.21. The second-order valence-corrected chi connectivity index (χ2v) is 0.489. The number of quaternary nitrogens is 1. The highest BCUT2D eigenvalue weighted by Gasteiger charge is 1.53. The second kappa shape index (κ2) is 3.43. The van der Waals surface area contributed by atoms with Crippen molar-refractivity contribution in [1.29, 1.82) is 0 Å². The maximum atomic E-state index is 9.22. The molecule has 0 atom stereocenters. The van der Waals surface area contributed by atoms with E-state index in [4.69, 9.17) is 0 Å². The van der Waals surface area contributed by atoms with Crippen molar-refractivity contribution in [3.05, 3.63) is 7.05 Å². The zero-order valence-electron chi connectivity index (χ0n) is 2.77. The number of hydrogen-bond acceptors (Lipinski definition) is 1. The molecule has 0 fully saturated rings. The first-order valence-electron chi connectivity index (χ1n) is 1.22. The van der Waals surface area contributed by atoms with E-state index < -0.39 is 0 Å². The van der Waals surface area contributed by atoms with Crippen molar-refractivity contribution in [1.82, 2.24) is 5.43 Å². The van der Waals surface area contributed by atoms with Gasteiger partial charge in [0.15, 0.2) is 0 Å². The molecule has 1 amide bonds. The Kier molecular flexibility index (Phi) is 3.04. The van der Waals surface area contributed by atoms with Gasteiger partial charge in [-0.3, -0.25) is 4.79 Å². The molecule has 0 rings (SSSR count). The molecule has 0 saturated heterocycles. The first kappa shape index (κ1) is 4.43. The molecule has 0 saturated carbocycles. The smallest absolute Gasteiger partial charge is 0.250 e. The Balaban J connectivity index is 2.40. The minimum atomic E-state index is 0.562. The average Bonchev–Trinajstić information content (AvgIpc) is 1.41. The lowest BCUT2D eigenvalue weighted by molar-refractivity contribution is -0.641. The van der Waals surface area contributed by atoms with Crippen molar-refractivity contribution >= 4 is 6.41 Å². The Morgan fingerprint density at radius 3 is 2.60 bits per heavy atom. The Morgan fingerprint density at radius 2 is 2.60 bits per heavy atom. The number of nitrogens with two attached hydrogens (primary N) is 1. The molecule has 0 aliphatic carbocycles. The van der Waals surface area contributed by atoms with Gasteiger partial charge in [-0.15, -0.1) is 7.05 Å². The molecule has 0 radical (unpaired) electrons. The SMILES string of the molecule is [CH2-][NH2+]NC=O. The molecule has 5 heavy (non-hydrogen) atoms. The van der Waals surface area contributed by atoms with E-state index in [0.717, 1.165) is 0 Å². The molecule has 0 aromatic heterocycles. The molecule has 0 aliphatic heterocycles. The van der Waals surface area contributed by atoms with Crippen LogP contribution in [0.3, 0.4) is 0 Å². The quantitative estimate of drug-likeness (QED) is 0.128. The molecule has 3 N–H and O–H groups in total. The average molecular weight is 74.1 g/mol. The normalized spacial score (nSPS) is 6.60. The Hall–Kier alpha value is -0.570.